The minimum absolute atomic E-state index is 0.196. The van der Waals surface area contributed by atoms with Gasteiger partial charge in [0.25, 0.3) is 0 Å². The van der Waals surface area contributed by atoms with Gasteiger partial charge in [0.05, 0.1) is 44.6 Å². The van der Waals surface area contributed by atoms with Crippen LogP contribution < -0.4 is 0 Å². The number of halogens is 5. The lowest BCUT2D eigenvalue weighted by Crippen LogP contribution is -2.13. The van der Waals surface area contributed by atoms with Gasteiger partial charge in [-0.1, -0.05) is 127 Å². The van der Waals surface area contributed by atoms with Crippen LogP contribution >= 0.6 is 0 Å². The molecule has 0 unspecified atom stereocenters. The van der Waals surface area contributed by atoms with E-state index in [1.54, 1.807) is 0 Å². The van der Waals surface area contributed by atoms with Crippen LogP contribution in [0, 0.1) is 11.6 Å². The molecule has 0 fully saturated rings. The Morgan fingerprint density at radius 1 is 0.357 bits per heavy atom. The molecule has 0 atom stereocenters. The molecule has 0 saturated carbocycles. The van der Waals surface area contributed by atoms with E-state index in [4.69, 9.17) is 0 Å². The number of benzene rings is 8. The van der Waals surface area contributed by atoms with E-state index in [2.05, 4.69) is 0 Å². The fourth-order valence-electron chi connectivity index (χ4n) is 8.21. The Hall–Kier alpha value is -6.99. The van der Waals surface area contributed by atoms with Crippen molar-refractivity contribution in [1.29, 1.82) is 0 Å². The van der Waals surface area contributed by atoms with Crippen molar-refractivity contribution in [2.45, 2.75) is 6.18 Å². The second-order valence-electron chi connectivity index (χ2n) is 13.9. The predicted octanol–water partition coefficient (Wildman–Crippen LogP) is 14.2. The van der Waals surface area contributed by atoms with E-state index in [0.717, 1.165) is 79.1 Å². The average molecular weight is 741 g/mol. The number of nitrogens with zero attached hydrogens (tertiary/aromatic N) is 2. The van der Waals surface area contributed by atoms with Gasteiger partial charge in [0.15, 0.2) is 0 Å². The van der Waals surface area contributed by atoms with Gasteiger partial charge in [-0.2, -0.15) is 13.2 Å². The van der Waals surface area contributed by atoms with Crippen LogP contribution in [0.4, 0.5) is 22.0 Å². The minimum atomic E-state index is -4.98. The Kier molecular flexibility index (Phi) is 7.68. The first-order valence-corrected chi connectivity index (χ1v) is 18.1. The van der Waals surface area contributed by atoms with Gasteiger partial charge in [0.2, 0.25) is 0 Å². The first-order chi connectivity index (χ1) is 27.3. The highest BCUT2D eigenvalue weighted by atomic mass is 19.4. The van der Waals surface area contributed by atoms with Crippen molar-refractivity contribution in [2.75, 3.05) is 0 Å². The van der Waals surface area contributed by atoms with Crippen molar-refractivity contribution < 1.29 is 22.0 Å². The summed E-state index contributed by atoms with van der Waals surface area (Å²) in [6.07, 6.45) is -4.98. The maximum atomic E-state index is 15.7. The average Bonchev–Trinajstić information content (AvgIpc) is 3.73. The van der Waals surface area contributed by atoms with Crippen LogP contribution in [0.25, 0.3) is 88.4 Å². The Labute approximate surface area is 317 Å². The topological polar surface area (TPSA) is 9.86 Å². The minimum Gasteiger partial charge on any atom is -0.307 e. The lowest BCUT2D eigenvalue weighted by molar-refractivity contribution is -0.137. The second kappa shape index (κ2) is 12.8. The summed E-state index contributed by atoms with van der Waals surface area (Å²) in [5.74, 6) is -2.18. The Morgan fingerprint density at radius 3 is 1.27 bits per heavy atom. The Balaban J connectivity index is 1.40. The zero-order valence-corrected chi connectivity index (χ0v) is 29.5. The molecule has 2 nitrogen and oxygen atoms in total. The number of aromatic nitrogens is 2. The predicted molar refractivity (Wildman–Crippen MR) is 216 cm³/mol. The molecule has 0 bridgehead atoms. The van der Waals surface area contributed by atoms with Crippen LogP contribution in [0.15, 0.2) is 176 Å². The molecule has 0 amide bonds. The molecule has 0 radical (unpaired) electrons. The molecule has 10 aromatic rings. The molecule has 0 aliphatic heterocycles. The van der Waals surface area contributed by atoms with Gasteiger partial charge in [-0.15, -0.1) is 0 Å². The molecule has 0 N–H and O–H groups in total. The third-order valence-electron chi connectivity index (χ3n) is 10.7. The fraction of sp³-hybridized carbons (Fsp3) is 0.0204. The maximum Gasteiger partial charge on any atom is 0.417 e. The van der Waals surface area contributed by atoms with Crippen LogP contribution in [-0.2, 0) is 6.18 Å². The van der Waals surface area contributed by atoms with Gasteiger partial charge in [0, 0.05) is 27.1 Å². The van der Waals surface area contributed by atoms with Crippen LogP contribution in [-0.4, -0.2) is 9.13 Å². The van der Waals surface area contributed by atoms with Gasteiger partial charge in [0.1, 0.15) is 11.6 Å². The molecule has 0 saturated heterocycles. The van der Waals surface area contributed by atoms with Crippen LogP contribution in [0.3, 0.4) is 0 Å². The quantitative estimate of drug-likeness (QED) is 0.156. The Morgan fingerprint density at radius 2 is 0.786 bits per heavy atom. The van der Waals surface area contributed by atoms with Crippen molar-refractivity contribution >= 4 is 43.6 Å². The van der Waals surface area contributed by atoms with Gasteiger partial charge in [-0.05, 0) is 70.8 Å². The van der Waals surface area contributed by atoms with E-state index in [0.29, 0.717) is 16.7 Å². The lowest BCUT2D eigenvalue weighted by Gasteiger charge is -2.22. The first-order valence-electron chi connectivity index (χ1n) is 18.1. The number of rotatable bonds is 5. The van der Waals surface area contributed by atoms with Crippen molar-refractivity contribution in [1.82, 2.24) is 9.13 Å². The normalized spacial score (nSPS) is 12.0. The number of hydrogen-bond donors (Lipinski definition) is 0. The van der Waals surface area contributed by atoms with E-state index in [1.165, 1.54) is 6.07 Å². The molecule has 0 aliphatic carbocycles. The maximum absolute atomic E-state index is 15.7. The largest absolute Gasteiger partial charge is 0.417 e. The molecule has 270 valence electrons. The molecule has 0 spiro atoms. The molecular weight excluding hydrogens is 712 g/mol. The summed E-state index contributed by atoms with van der Waals surface area (Å²) in [5.41, 5.74) is 4.52. The Bertz CT molecular complexity index is 3120. The van der Waals surface area contributed by atoms with Crippen molar-refractivity contribution in [2.24, 2.45) is 0 Å². The van der Waals surface area contributed by atoms with Gasteiger partial charge in [-0.25, -0.2) is 8.78 Å². The number of hydrogen-bond acceptors (Lipinski definition) is 0. The van der Waals surface area contributed by atoms with Gasteiger partial charge >= 0.3 is 6.18 Å². The number of para-hydroxylation sites is 2. The standard InChI is InChI=1S/C49H29F5N2/c50-40-18-11-19-41(51)48(40)38-28-46(55-42-20-9-7-16-34(42)36-24-22-32(26-44(36)55)30-12-3-1-4-13-30)47(29-39(38)49(52,53)54)56-43-21-10-8-17-35(43)37-25-23-33(27-45(37)56)31-14-5-2-6-15-31/h1-29H. The third kappa shape index (κ3) is 5.30. The zero-order chi connectivity index (χ0) is 38.1. The third-order valence-corrected chi connectivity index (χ3v) is 10.7. The summed E-state index contributed by atoms with van der Waals surface area (Å²) >= 11 is 0. The SMILES string of the molecule is Fc1cccc(F)c1-c1cc(-n2c3ccccc3c3ccc(-c4ccccc4)cc32)c(-n2c3ccccc3c3ccc(-c4ccccc4)cc32)cc1C(F)(F)F. The summed E-state index contributed by atoms with van der Waals surface area (Å²) in [6.45, 7) is 0. The monoisotopic (exact) mass is 740 g/mol. The van der Waals surface area contributed by atoms with Crippen molar-refractivity contribution in [3.8, 4) is 44.8 Å². The number of alkyl halides is 3. The summed E-state index contributed by atoms with van der Waals surface area (Å²) in [5, 5.41) is 3.44. The smallest absolute Gasteiger partial charge is 0.307 e. The molecule has 10 rings (SSSR count). The van der Waals surface area contributed by atoms with Crippen LogP contribution in [0.1, 0.15) is 5.56 Å². The summed E-state index contributed by atoms with van der Waals surface area (Å²) in [7, 11) is 0. The molecule has 8 aromatic carbocycles. The number of fused-ring (bicyclic) bond motifs is 6. The first kappa shape index (κ1) is 33.6. The molecule has 2 aromatic heterocycles. The van der Waals surface area contributed by atoms with Crippen LogP contribution in [0.5, 0.6) is 0 Å². The molecule has 56 heavy (non-hydrogen) atoms. The highest BCUT2D eigenvalue weighted by molar-refractivity contribution is 6.12. The summed E-state index contributed by atoms with van der Waals surface area (Å²) in [6, 6.07) is 52.5. The van der Waals surface area contributed by atoms with Crippen molar-refractivity contribution in [3.63, 3.8) is 0 Å². The van der Waals surface area contributed by atoms with Crippen LogP contribution in [0.2, 0.25) is 0 Å². The van der Waals surface area contributed by atoms with E-state index < -0.39 is 34.5 Å². The molecule has 7 heteroatoms. The molecular formula is C49H29F5N2. The highest BCUT2D eigenvalue weighted by Gasteiger charge is 2.37. The summed E-state index contributed by atoms with van der Waals surface area (Å²) < 4.78 is 81.7. The fourth-order valence-corrected chi connectivity index (χ4v) is 8.21. The van der Waals surface area contributed by atoms with E-state index in [1.807, 2.05) is 155 Å². The summed E-state index contributed by atoms with van der Waals surface area (Å²) in [4.78, 5) is 0. The second-order valence-corrected chi connectivity index (χ2v) is 13.9. The highest BCUT2D eigenvalue weighted by Crippen LogP contribution is 2.46. The lowest BCUT2D eigenvalue weighted by atomic mass is 9.96. The van der Waals surface area contributed by atoms with E-state index >= 15 is 22.0 Å². The molecule has 2 heterocycles. The van der Waals surface area contributed by atoms with Gasteiger partial charge < -0.3 is 9.13 Å². The van der Waals surface area contributed by atoms with E-state index in [9.17, 15) is 0 Å². The van der Waals surface area contributed by atoms with E-state index in [-0.39, 0.29) is 5.69 Å². The molecule has 0 aliphatic rings. The zero-order valence-electron chi connectivity index (χ0n) is 29.5. The van der Waals surface area contributed by atoms with Gasteiger partial charge in [-0.3, -0.25) is 0 Å². The van der Waals surface area contributed by atoms with Crippen molar-refractivity contribution in [3.05, 3.63) is 193 Å².